The van der Waals surface area contributed by atoms with Crippen LogP contribution in [-0.2, 0) is 6.42 Å². The summed E-state index contributed by atoms with van der Waals surface area (Å²) >= 11 is 0. The van der Waals surface area contributed by atoms with Crippen LogP contribution in [0.3, 0.4) is 0 Å². The highest BCUT2D eigenvalue weighted by Crippen LogP contribution is 2.59. The number of aliphatic hydroxyl groups is 3. The molecule has 5 heteroatoms. The first-order valence-corrected chi connectivity index (χ1v) is 16.9. The van der Waals surface area contributed by atoms with Crippen molar-refractivity contribution in [2.75, 3.05) is 19.7 Å². The second-order valence-electron chi connectivity index (χ2n) is 14.2. The van der Waals surface area contributed by atoms with Gasteiger partial charge in [0, 0.05) is 29.1 Å². The number of hydrogen-bond acceptors (Lipinski definition) is 5. The molecule has 7 rings (SSSR count). The van der Waals surface area contributed by atoms with E-state index in [1.54, 1.807) is 0 Å². The molecule has 3 aromatic carbocycles. The summed E-state index contributed by atoms with van der Waals surface area (Å²) in [7, 11) is 0. The van der Waals surface area contributed by atoms with E-state index in [0.717, 1.165) is 67.3 Å². The van der Waals surface area contributed by atoms with Crippen LogP contribution in [0.4, 0.5) is 0 Å². The smallest absolute Gasteiger partial charge is 0.193 e. The van der Waals surface area contributed by atoms with Gasteiger partial charge in [-0.3, -0.25) is 9.69 Å². The zero-order valence-electron chi connectivity index (χ0n) is 26.9. The summed E-state index contributed by atoms with van der Waals surface area (Å²) in [6, 6.07) is 24.4. The van der Waals surface area contributed by atoms with Crippen LogP contribution in [0, 0.1) is 5.41 Å². The van der Waals surface area contributed by atoms with Crippen molar-refractivity contribution in [2.24, 2.45) is 5.41 Å². The standard InChI is InChI=1S/C40H49NO4/c1-28-8-6-21-39(2)37(20-22-40(39,45)27-41-23-7-11-33(41)26-42)35-19-13-29(24-34(43)18-12-28)25-36(35)38(44)32-16-14-31(15-17-32)30-9-4-3-5-10-30/h3-5,8-10,13-17,19,25,33-34,37,42-43,45H,6-7,11-12,18,20-24,26-27H2,1-2H3. The van der Waals surface area contributed by atoms with Crippen LogP contribution in [-0.4, -0.2) is 63.4 Å². The number of β-amino-alcohol motifs (C(OH)–C–C–N with tert-alkyl or cyclic N) is 1. The Morgan fingerprint density at radius 2 is 1.71 bits per heavy atom. The van der Waals surface area contributed by atoms with Crippen molar-refractivity contribution >= 4 is 5.78 Å². The van der Waals surface area contributed by atoms with E-state index in [4.69, 9.17) is 0 Å². The summed E-state index contributed by atoms with van der Waals surface area (Å²) in [6.45, 7) is 5.94. The van der Waals surface area contributed by atoms with Gasteiger partial charge in [0.2, 0.25) is 0 Å². The van der Waals surface area contributed by atoms with Crippen LogP contribution in [0.15, 0.2) is 84.4 Å². The minimum Gasteiger partial charge on any atom is -0.395 e. The van der Waals surface area contributed by atoms with E-state index in [1.807, 2.05) is 48.5 Å². The first kappa shape index (κ1) is 31.9. The largest absolute Gasteiger partial charge is 0.395 e. The molecule has 1 heterocycles. The van der Waals surface area contributed by atoms with E-state index in [-0.39, 0.29) is 24.3 Å². The molecule has 0 radical (unpaired) electrons. The number of ketones is 1. The Bertz CT molecular complexity index is 1520. The molecule has 5 unspecified atom stereocenters. The minimum absolute atomic E-state index is 0.00385. The Balaban J connectivity index is 1.40. The van der Waals surface area contributed by atoms with Crippen molar-refractivity contribution < 1.29 is 20.1 Å². The number of likely N-dealkylation sites (tertiary alicyclic amines) is 1. The molecule has 1 aliphatic heterocycles. The Morgan fingerprint density at radius 3 is 2.47 bits per heavy atom. The number of fused-ring (bicyclic) bond motifs is 8. The molecular weight excluding hydrogens is 558 g/mol. The normalized spacial score (nSPS) is 29.3. The molecule has 2 bridgehead atoms. The predicted molar refractivity (Wildman–Crippen MR) is 180 cm³/mol. The lowest BCUT2D eigenvalue weighted by molar-refractivity contribution is -0.0875. The van der Waals surface area contributed by atoms with Gasteiger partial charge in [-0.1, -0.05) is 85.3 Å². The molecule has 1 saturated carbocycles. The van der Waals surface area contributed by atoms with Crippen molar-refractivity contribution in [2.45, 2.75) is 95.3 Å². The van der Waals surface area contributed by atoms with E-state index in [0.29, 0.717) is 36.9 Å². The molecule has 3 N–H and O–H groups in total. The van der Waals surface area contributed by atoms with Crippen molar-refractivity contribution in [3.8, 4) is 11.1 Å². The van der Waals surface area contributed by atoms with Crippen molar-refractivity contribution in [3.05, 3.63) is 107 Å². The van der Waals surface area contributed by atoms with E-state index in [1.165, 1.54) is 5.57 Å². The van der Waals surface area contributed by atoms with Crippen molar-refractivity contribution in [1.82, 2.24) is 4.90 Å². The number of hydrogen-bond donors (Lipinski definition) is 3. The van der Waals surface area contributed by atoms with E-state index >= 15 is 0 Å². The number of allylic oxidation sites excluding steroid dienone is 2. The molecule has 0 amide bonds. The molecule has 2 fully saturated rings. The maximum absolute atomic E-state index is 14.4. The van der Waals surface area contributed by atoms with Gasteiger partial charge in [-0.25, -0.2) is 0 Å². The molecule has 5 atom stereocenters. The molecule has 45 heavy (non-hydrogen) atoms. The van der Waals surface area contributed by atoms with Crippen LogP contribution in [0.1, 0.15) is 98.2 Å². The summed E-state index contributed by atoms with van der Waals surface area (Å²) in [5.74, 6) is -0.0164. The second-order valence-corrected chi connectivity index (χ2v) is 14.2. The Labute approximate surface area is 268 Å². The zero-order valence-corrected chi connectivity index (χ0v) is 26.9. The first-order valence-electron chi connectivity index (χ1n) is 16.9. The Morgan fingerprint density at radius 1 is 0.956 bits per heavy atom. The molecule has 238 valence electrons. The molecule has 4 aliphatic rings. The fourth-order valence-electron chi connectivity index (χ4n) is 8.44. The summed E-state index contributed by atoms with van der Waals surface area (Å²) in [5, 5.41) is 33.6. The van der Waals surface area contributed by atoms with Crippen LogP contribution in [0.5, 0.6) is 0 Å². The number of carbonyl (C=O) groups excluding carboxylic acids is 1. The van der Waals surface area contributed by atoms with Crippen LogP contribution in [0.2, 0.25) is 0 Å². The van der Waals surface area contributed by atoms with Crippen LogP contribution < -0.4 is 0 Å². The van der Waals surface area contributed by atoms with Gasteiger partial charge in [0.05, 0.1) is 18.3 Å². The molecular formula is C40H49NO4. The summed E-state index contributed by atoms with van der Waals surface area (Å²) < 4.78 is 0. The van der Waals surface area contributed by atoms with E-state index < -0.39 is 17.1 Å². The number of nitrogens with zero attached hydrogens (tertiary/aromatic N) is 1. The molecule has 3 aliphatic carbocycles. The highest BCUT2D eigenvalue weighted by atomic mass is 16.3. The highest BCUT2D eigenvalue weighted by Gasteiger charge is 2.57. The Hall–Kier alpha value is -3.09. The summed E-state index contributed by atoms with van der Waals surface area (Å²) in [4.78, 5) is 16.7. The first-order chi connectivity index (χ1) is 21.7. The number of carbonyl (C=O) groups is 1. The third kappa shape index (κ3) is 6.46. The Kier molecular flexibility index (Phi) is 9.44. The third-order valence-corrected chi connectivity index (χ3v) is 11.3. The average molecular weight is 608 g/mol. The third-order valence-electron chi connectivity index (χ3n) is 11.3. The van der Waals surface area contributed by atoms with Gasteiger partial charge in [0.15, 0.2) is 5.78 Å². The lowest BCUT2D eigenvalue weighted by Gasteiger charge is -2.46. The molecule has 1 saturated heterocycles. The van der Waals surface area contributed by atoms with E-state index in [2.05, 4.69) is 49.1 Å². The lowest BCUT2D eigenvalue weighted by atomic mass is 9.64. The molecule has 0 aromatic heterocycles. The fourth-order valence-corrected chi connectivity index (χ4v) is 8.44. The van der Waals surface area contributed by atoms with Crippen molar-refractivity contribution in [3.63, 3.8) is 0 Å². The topological polar surface area (TPSA) is 81.0 Å². The van der Waals surface area contributed by atoms with Crippen molar-refractivity contribution in [1.29, 1.82) is 0 Å². The predicted octanol–water partition coefficient (Wildman–Crippen LogP) is 7.08. The highest BCUT2D eigenvalue weighted by molar-refractivity contribution is 6.10. The zero-order chi connectivity index (χ0) is 31.6. The maximum atomic E-state index is 14.4. The molecule has 5 nitrogen and oxygen atoms in total. The van der Waals surface area contributed by atoms with Gasteiger partial charge in [-0.15, -0.1) is 0 Å². The quantitative estimate of drug-likeness (QED) is 0.206. The number of rotatable bonds is 6. The van der Waals surface area contributed by atoms with Gasteiger partial charge in [-0.05, 0) is 105 Å². The minimum atomic E-state index is -0.944. The molecule has 3 aromatic rings. The SMILES string of the molecule is CC1=CCCC2(C)C(CCC2(O)CN2CCCC2CO)c2ccc(cc2C(=O)c2ccc(-c3ccccc3)cc2)CC(O)CC1. The summed E-state index contributed by atoms with van der Waals surface area (Å²) in [5.41, 5.74) is 5.34. The fraction of sp³-hybridized carbons (Fsp3) is 0.475. The van der Waals surface area contributed by atoms with Gasteiger partial charge >= 0.3 is 0 Å². The van der Waals surface area contributed by atoms with Gasteiger partial charge < -0.3 is 15.3 Å². The maximum Gasteiger partial charge on any atom is 0.193 e. The van der Waals surface area contributed by atoms with E-state index in [9.17, 15) is 20.1 Å². The number of aliphatic hydroxyl groups excluding tert-OH is 2. The van der Waals surface area contributed by atoms with Gasteiger partial charge in [0.25, 0.3) is 0 Å². The number of benzene rings is 3. The molecule has 0 spiro atoms. The second kappa shape index (κ2) is 13.3. The van der Waals surface area contributed by atoms with Crippen LogP contribution in [0.25, 0.3) is 11.1 Å². The monoisotopic (exact) mass is 607 g/mol. The van der Waals surface area contributed by atoms with Crippen LogP contribution >= 0.6 is 0 Å². The lowest BCUT2D eigenvalue weighted by Crippen LogP contribution is -2.53. The average Bonchev–Trinajstić information content (AvgIpc) is 3.60. The van der Waals surface area contributed by atoms with Gasteiger partial charge in [-0.2, -0.15) is 0 Å². The summed E-state index contributed by atoms with van der Waals surface area (Å²) in [6.07, 6.45) is 8.91. The van der Waals surface area contributed by atoms with Gasteiger partial charge in [0.1, 0.15) is 0 Å².